The fraction of sp³-hybridized carbons (Fsp3) is 0.500. The number of nitrogens with zero attached hydrogens (tertiary/aromatic N) is 2. The minimum Gasteiger partial charge on any atom is -0.396 e. The van der Waals surface area contributed by atoms with Crippen LogP contribution in [-0.4, -0.2) is 35.7 Å². The number of benzene rings is 1. The molecule has 0 aliphatic heterocycles. The number of carbonyl (C=O) groups excluding carboxylic acids is 1. The first kappa shape index (κ1) is 17.9. The van der Waals surface area contributed by atoms with Gasteiger partial charge in [0.15, 0.2) is 0 Å². The van der Waals surface area contributed by atoms with Crippen LogP contribution in [0.25, 0.3) is 0 Å². The molecule has 0 aliphatic rings. The number of nitriles is 1. The number of halogens is 1. The SMILES string of the molecule is CC(C)(C)CN(CCCO)C(=O)Nc1ccc(F)cc1C#N. The van der Waals surface area contributed by atoms with Crippen LogP contribution in [0.5, 0.6) is 0 Å². The molecule has 0 unspecified atom stereocenters. The number of carbonyl (C=O) groups is 1. The summed E-state index contributed by atoms with van der Waals surface area (Å²) in [5.74, 6) is -0.527. The van der Waals surface area contributed by atoms with Crippen molar-refractivity contribution < 1.29 is 14.3 Å². The van der Waals surface area contributed by atoms with Gasteiger partial charge in [0.2, 0.25) is 0 Å². The molecule has 1 aromatic carbocycles. The second-order valence-electron chi connectivity index (χ2n) is 6.29. The molecule has 6 heteroatoms. The van der Waals surface area contributed by atoms with Crippen molar-refractivity contribution in [2.24, 2.45) is 5.41 Å². The minimum absolute atomic E-state index is 0.00604. The standard InChI is InChI=1S/C16H22FN3O2/c1-16(2,3)11-20(7-4-8-21)15(22)19-14-6-5-13(17)9-12(14)10-18/h5-6,9,21H,4,7-8,11H2,1-3H3,(H,19,22). The third-order valence-electron chi connectivity index (χ3n) is 2.88. The zero-order valence-electron chi connectivity index (χ0n) is 13.2. The molecule has 0 bridgehead atoms. The van der Waals surface area contributed by atoms with Crippen LogP contribution >= 0.6 is 0 Å². The van der Waals surface area contributed by atoms with E-state index in [1.54, 1.807) is 4.90 Å². The van der Waals surface area contributed by atoms with E-state index in [4.69, 9.17) is 10.4 Å². The average molecular weight is 307 g/mol. The molecule has 2 amide bonds. The van der Waals surface area contributed by atoms with Crippen molar-refractivity contribution in [1.29, 1.82) is 5.26 Å². The number of amides is 2. The van der Waals surface area contributed by atoms with Gasteiger partial charge in [0.25, 0.3) is 0 Å². The summed E-state index contributed by atoms with van der Waals surface area (Å²) in [4.78, 5) is 14.0. The van der Waals surface area contributed by atoms with Crippen LogP contribution in [0.1, 0.15) is 32.8 Å². The van der Waals surface area contributed by atoms with Crippen LogP contribution in [0.15, 0.2) is 18.2 Å². The number of aliphatic hydroxyl groups excluding tert-OH is 1. The zero-order chi connectivity index (χ0) is 16.8. The summed E-state index contributed by atoms with van der Waals surface area (Å²) in [6.07, 6.45) is 0.470. The lowest BCUT2D eigenvalue weighted by molar-refractivity contribution is 0.176. The summed E-state index contributed by atoms with van der Waals surface area (Å²) in [5, 5.41) is 20.6. The first-order valence-corrected chi connectivity index (χ1v) is 7.13. The fourth-order valence-electron chi connectivity index (χ4n) is 2.00. The lowest BCUT2D eigenvalue weighted by Gasteiger charge is -2.30. The van der Waals surface area contributed by atoms with Gasteiger partial charge in [-0.15, -0.1) is 0 Å². The lowest BCUT2D eigenvalue weighted by Crippen LogP contribution is -2.41. The van der Waals surface area contributed by atoms with E-state index < -0.39 is 5.82 Å². The van der Waals surface area contributed by atoms with E-state index in [1.165, 1.54) is 12.1 Å². The molecular weight excluding hydrogens is 285 g/mol. The van der Waals surface area contributed by atoms with E-state index in [0.29, 0.717) is 19.5 Å². The molecule has 22 heavy (non-hydrogen) atoms. The number of hydrogen-bond acceptors (Lipinski definition) is 3. The Labute approximate surface area is 130 Å². The fourth-order valence-corrected chi connectivity index (χ4v) is 2.00. The van der Waals surface area contributed by atoms with Crippen molar-refractivity contribution in [2.45, 2.75) is 27.2 Å². The normalized spacial score (nSPS) is 10.9. The van der Waals surface area contributed by atoms with Crippen molar-refractivity contribution in [3.05, 3.63) is 29.6 Å². The number of aliphatic hydroxyl groups is 1. The Morgan fingerprint density at radius 3 is 2.68 bits per heavy atom. The molecule has 0 aromatic heterocycles. The van der Waals surface area contributed by atoms with Gasteiger partial charge >= 0.3 is 6.03 Å². The van der Waals surface area contributed by atoms with Gasteiger partial charge in [-0.25, -0.2) is 9.18 Å². The van der Waals surface area contributed by atoms with Gasteiger partial charge in [0, 0.05) is 19.7 Å². The second kappa shape index (κ2) is 7.76. The van der Waals surface area contributed by atoms with Gasteiger partial charge in [-0.05, 0) is 30.0 Å². The maximum absolute atomic E-state index is 13.1. The minimum atomic E-state index is -0.527. The van der Waals surface area contributed by atoms with E-state index in [9.17, 15) is 9.18 Å². The van der Waals surface area contributed by atoms with Crippen LogP contribution in [-0.2, 0) is 0 Å². The Morgan fingerprint density at radius 2 is 2.14 bits per heavy atom. The molecule has 0 saturated carbocycles. The Kier molecular flexibility index (Phi) is 6.32. The number of anilines is 1. The summed E-state index contributed by atoms with van der Waals surface area (Å²) in [7, 11) is 0. The van der Waals surface area contributed by atoms with E-state index in [0.717, 1.165) is 6.07 Å². The molecule has 5 nitrogen and oxygen atoms in total. The molecule has 1 aromatic rings. The molecule has 0 fully saturated rings. The van der Waals surface area contributed by atoms with Crippen molar-refractivity contribution in [3.63, 3.8) is 0 Å². The van der Waals surface area contributed by atoms with Crippen LogP contribution in [0, 0.1) is 22.6 Å². The summed E-state index contributed by atoms with van der Waals surface area (Å²) in [5.41, 5.74) is 0.247. The Morgan fingerprint density at radius 1 is 1.45 bits per heavy atom. The monoisotopic (exact) mass is 307 g/mol. The number of nitrogens with one attached hydrogen (secondary N) is 1. The van der Waals surface area contributed by atoms with Gasteiger partial charge in [-0.1, -0.05) is 20.8 Å². The Balaban J connectivity index is 2.89. The summed E-state index contributed by atoms with van der Waals surface area (Å²) >= 11 is 0. The van der Waals surface area contributed by atoms with Crippen LogP contribution in [0.2, 0.25) is 0 Å². The average Bonchev–Trinajstić information content (AvgIpc) is 2.43. The summed E-state index contributed by atoms with van der Waals surface area (Å²) in [6.45, 7) is 6.92. The highest BCUT2D eigenvalue weighted by atomic mass is 19.1. The van der Waals surface area contributed by atoms with E-state index in [2.05, 4.69) is 5.32 Å². The van der Waals surface area contributed by atoms with Crippen molar-refractivity contribution >= 4 is 11.7 Å². The highest BCUT2D eigenvalue weighted by Gasteiger charge is 2.21. The molecule has 0 spiro atoms. The highest BCUT2D eigenvalue weighted by molar-refractivity contribution is 5.90. The van der Waals surface area contributed by atoms with Crippen LogP contribution < -0.4 is 5.32 Å². The molecule has 0 heterocycles. The first-order valence-electron chi connectivity index (χ1n) is 7.13. The van der Waals surface area contributed by atoms with E-state index in [-0.39, 0.29) is 29.3 Å². The molecule has 0 atom stereocenters. The van der Waals surface area contributed by atoms with Gasteiger partial charge < -0.3 is 15.3 Å². The Hall–Kier alpha value is -2.13. The molecule has 0 radical (unpaired) electrons. The number of urea groups is 1. The van der Waals surface area contributed by atoms with Crippen molar-refractivity contribution in [3.8, 4) is 6.07 Å². The molecule has 2 N–H and O–H groups in total. The maximum atomic E-state index is 13.1. The van der Waals surface area contributed by atoms with Crippen molar-refractivity contribution in [1.82, 2.24) is 4.90 Å². The molecule has 1 rings (SSSR count). The number of rotatable bonds is 5. The van der Waals surface area contributed by atoms with Crippen molar-refractivity contribution in [2.75, 3.05) is 25.0 Å². The van der Waals surface area contributed by atoms with Crippen LogP contribution in [0.4, 0.5) is 14.9 Å². The lowest BCUT2D eigenvalue weighted by atomic mass is 9.96. The predicted molar refractivity (Wildman–Crippen MR) is 82.9 cm³/mol. The second-order valence-corrected chi connectivity index (χ2v) is 6.29. The predicted octanol–water partition coefficient (Wildman–Crippen LogP) is 2.96. The summed E-state index contributed by atoms with van der Waals surface area (Å²) in [6, 6.07) is 5.13. The quantitative estimate of drug-likeness (QED) is 0.878. The summed E-state index contributed by atoms with van der Waals surface area (Å²) < 4.78 is 13.1. The topological polar surface area (TPSA) is 76.4 Å². The van der Waals surface area contributed by atoms with Gasteiger partial charge in [-0.3, -0.25) is 0 Å². The Bertz CT molecular complexity index is 561. The third kappa shape index (κ3) is 5.70. The van der Waals surface area contributed by atoms with Crippen LogP contribution in [0.3, 0.4) is 0 Å². The van der Waals surface area contributed by atoms with Gasteiger partial charge in [0.05, 0.1) is 11.3 Å². The third-order valence-corrected chi connectivity index (χ3v) is 2.88. The van der Waals surface area contributed by atoms with E-state index >= 15 is 0 Å². The molecule has 120 valence electrons. The van der Waals surface area contributed by atoms with Gasteiger partial charge in [-0.2, -0.15) is 5.26 Å². The zero-order valence-corrected chi connectivity index (χ0v) is 13.2. The van der Waals surface area contributed by atoms with E-state index in [1.807, 2.05) is 26.8 Å². The van der Waals surface area contributed by atoms with Gasteiger partial charge in [0.1, 0.15) is 11.9 Å². The number of hydrogen-bond donors (Lipinski definition) is 2. The maximum Gasteiger partial charge on any atom is 0.321 e. The molecular formula is C16H22FN3O2. The smallest absolute Gasteiger partial charge is 0.321 e. The highest BCUT2D eigenvalue weighted by Crippen LogP contribution is 2.19. The molecule has 0 aliphatic carbocycles. The largest absolute Gasteiger partial charge is 0.396 e. The first-order chi connectivity index (χ1) is 10.3. The molecule has 0 saturated heterocycles.